The van der Waals surface area contributed by atoms with Crippen molar-refractivity contribution in [3.63, 3.8) is 0 Å². The molecule has 5 heteroatoms. The van der Waals surface area contributed by atoms with Crippen LogP contribution in [0.5, 0.6) is 0 Å². The molecule has 2 saturated carbocycles. The predicted molar refractivity (Wildman–Crippen MR) is 79.0 cm³/mol. The summed E-state index contributed by atoms with van der Waals surface area (Å²) in [5.74, 6) is -0.873. The highest BCUT2D eigenvalue weighted by atomic mass is 16.5. The predicted octanol–water partition coefficient (Wildman–Crippen LogP) is 3.25. The summed E-state index contributed by atoms with van der Waals surface area (Å²) in [5.41, 5.74) is -0.540. The first-order chi connectivity index (χ1) is 9.99. The van der Waals surface area contributed by atoms with Crippen molar-refractivity contribution in [3.8, 4) is 0 Å². The molecule has 0 aliphatic heterocycles. The summed E-state index contributed by atoms with van der Waals surface area (Å²) in [7, 11) is 0. The minimum absolute atomic E-state index is 0.0279. The summed E-state index contributed by atoms with van der Waals surface area (Å²) in [5, 5.41) is 11.9. The van der Waals surface area contributed by atoms with Crippen LogP contribution in [-0.2, 0) is 9.53 Å². The molecule has 118 valence electrons. The third-order valence-corrected chi connectivity index (χ3v) is 4.71. The van der Waals surface area contributed by atoms with Crippen molar-refractivity contribution in [2.45, 2.75) is 63.3 Å². The smallest absolute Gasteiger partial charge is 0.407 e. The first kappa shape index (κ1) is 15.9. The molecule has 0 aromatic heterocycles. The van der Waals surface area contributed by atoms with Crippen LogP contribution >= 0.6 is 0 Å². The highest BCUT2D eigenvalue weighted by Gasteiger charge is 2.43. The number of ether oxygens (including phenoxy) is 1. The maximum absolute atomic E-state index is 12.0. The molecular formula is C16H25NO4. The second-order valence-corrected chi connectivity index (χ2v) is 6.61. The summed E-state index contributed by atoms with van der Waals surface area (Å²) in [4.78, 5) is 23.1. The van der Waals surface area contributed by atoms with Crippen LogP contribution in [0.25, 0.3) is 0 Å². The van der Waals surface area contributed by atoms with Crippen LogP contribution in [-0.4, -0.2) is 29.3 Å². The zero-order chi connectivity index (χ0) is 15.3. The molecule has 1 amide bonds. The number of carbonyl (C=O) groups excluding carboxylic acids is 1. The first-order valence-corrected chi connectivity index (χ1v) is 7.77. The van der Waals surface area contributed by atoms with Gasteiger partial charge in [-0.1, -0.05) is 25.3 Å². The molecule has 0 heterocycles. The maximum Gasteiger partial charge on any atom is 0.407 e. The average molecular weight is 295 g/mol. The number of hydrogen-bond donors (Lipinski definition) is 2. The minimum atomic E-state index is -0.873. The summed E-state index contributed by atoms with van der Waals surface area (Å²) in [6, 6.07) is 0. The molecule has 0 radical (unpaired) electrons. The van der Waals surface area contributed by atoms with E-state index in [1.807, 2.05) is 6.08 Å². The molecule has 2 aliphatic carbocycles. The molecule has 0 bridgehead atoms. The van der Waals surface area contributed by atoms with E-state index < -0.39 is 17.6 Å². The molecule has 0 spiro atoms. The van der Waals surface area contributed by atoms with Crippen LogP contribution < -0.4 is 5.32 Å². The molecule has 2 aliphatic rings. The van der Waals surface area contributed by atoms with Gasteiger partial charge in [0, 0.05) is 5.41 Å². The molecule has 0 aromatic rings. The number of carboxylic acid groups (broad SMARTS) is 1. The van der Waals surface area contributed by atoms with E-state index in [0.29, 0.717) is 19.4 Å². The van der Waals surface area contributed by atoms with Crippen molar-refractivity contribution >= 4 is 12.1 Å². The van der Waals surface area contributed by atoms with E-state index in [1.54, 1.807) is 0 Å². The molecule has 2 rings (SSSR count). The lowest BCUT2D eigenvalue weighted by Gasteiger charge is -2.36. The van der Waals surface area contributed by atoms with Gasteiger partial charge in [0.2, 0.25) is 0 Å². The lowest BCUT2D eigenvalue weighted by molar-refractivity contribution is -0.139. The monoisotopic (exact) mass is 295 g/mol. The number of amides is 1. The summed E-state index contributed by atoms with van der Waals surface area (Å²) < 4.78 is 5.34. The van der Waals surface area contributed by atoms with Crippen LogP contribution in [0.2, 0.25) is 0 Å². The van der Waals surface area contributed by atoms with Crippen LogP contribution in [0.15, 0.2) is 12.7 Å². The van der Waals surface area contributed by atoms with Gasteiger partial charge in [-0.25, -0.2) is 4.79 Å². The van der Waals surface area contributed by atoms with Gasteiger partial charge in [-0.05, 0) is 32.1 Å². The van der Waals surface area contributed by atoms with Gasteiger partial charge in [-0.15, -0.1) is 6.58 Å². The Kier molecular flexibility index (Phi) is 4.91. The largest absolute Gasteiger partial charge is 0.481 e. The summed E-state index contributed by atoms with van der Waals surface area (Å²) in [6.07, 6.45) is 8.77. The Hall–Kier alpha value is -1.52. The fourth-order valence-electron chi connectivity index (χ4n) is 3.23. The molecule has 2 fully saturated rings. The number of carboxylic acids is 1. The van der Waals surface area contributed by atoms with E-state index in [1.165, 1.54) is 0 Å². The molecule has 0 aromatic carbocycles. The van der Waals surface area contributed by atoms with Gasteiger partial charge in [0.25, 0.3) is 0 Å². The van der Waals surface area contributed by atoms with Crippen LogP contribution in [0.4, 0.5) is 4.79 Å². The number of allylic oxidation sites excluding steroid dienone is 1. The fourth-order valence-corrected chi connectivity index (χ4v) is 3.23. The SMILES string of the molecule is C=CCC1(COC(=O)NC2(CC(=O)O)CCCCC2)CC1. The standard InChI is InChI=1S/C16H25NO4/c1-2-6-15(9-10-15)12-21-14(20)17-16(11-13(18)19)7-4-3-5-8-16/h2H,1,3-12H2,(H,17,20)(H,18,19). The van der Waals surface area contributed by atoms with Crippen LogP contribution in [0.1, 0.15) is 57.8 Å². The van der Waals surface area contributed by atoms with Crippen molar-refractivity contribution in [1.29, 1.82) is 0 Å². The summed E-state index contributed by atoms with van der Waals surface area (Å²) >= 11 is 0. The Morgan fingerprint density at radius 3 is 2.38 bits per heavy atom. The fraction of sp³-hybridized carbons (Fsp3) is 0.750. The number of rotatable bonds is 7. The van der Waals surface area contributed by atoms with Gasteiger partial charge in [0.15, 0.2) is 0 Å². The molecule has 0 atom stereocenters. The Labute approximate surface area is 125 Å². The van der Waals surface area contributed by atoms with Crippen molar-refractivity contribution in [2.24, 2.45) is 5.41 Å². The van der Waals surface area contributed by atoms with Gasteiger partial charge < -0.3 is 15.2 Å². The van der Waals surface area contributed by atoms with Crippen LogP contribution in [0, 0.1) is 5.41 Å². The second kappa shape index (κ2) is 6.50. The van der Waals surface area contributed by atoms with E-state index in [2.05, 4.69) is 11.9 Å². The topological polar surface area (TPSA) is 75.6 Å². The second-order valence-electron chi connectivity index (χ2n) is 6.61. The van der Waals surface area contributed by atoms with Gasteiger partial charge >= 0.3 is 12.1 Å². The Morgan fingerprint density at radius 2 is 1.86 bits per heavy atom. The van der Waals surface area contributed by atoms with Gasteiger partial charge in [0.1, 0.15) is 0 Å². The van der Waals surface area contributed by atoms with Gasteiger partial charge in [-0.2, -0.15) is 0 Å². The number of alkyl carbamates (subject to hydrolysis) is 1. The molecule has 2 N–H and O–H groups in total. The minimum Gasteiger partial charge on any atom is -0.481 e. The number of carbonyl (C=O) groups is 2. The van der Waals surface area contributed by atoms with E-state index in [-0.39, 0.29) is 11.8 Å². The molecule has 5 nitrogen and oxygen atoms in total. The third kappa shape index (κ3) is 4.48. The lowest BCUT2D eigenvalue weighted by atomic mass is 9.79. The van der Waals surface area contributed by atoms with Crippen molar-refractivity contribution < 1.29 is 19.4 Å². The first-order valence-electron chi connectivity index (χ1n) is 7.77. The highest BCUT2D eigenvalue weighted by molar-refractivity contribution is 5.72. The maximum atomic E-state index is 12.0. The Morgan fingerprint density at radius 1 is 1.19 bits per heavy atom. The molecular weight excluding hydrogens is 270 g/mol. The molecule has 21 heavy (non-hydrogen) atoms. The average Bonchev–Trinajstić information content (AvgIpc) is 3.17. The van der Waals surface area contributed by atoms with E-state index in [9.17, 15) is 9.59 Å². The third-order valence-electron chi connectivity index (χ3n) is 4.71. The number of aliphatic carboxylic acids is 1. The zero-order valence-electron chi connectivity index (χ0n) is 12.5. The Bertz CT molecular complexity index is 409. The Balaban J connectivity index is 1.86. The molecule has 0 unspecified atom stereocenters. The van der Waals surface area contributed by atoms with Crippen molar-refractivity contribution in [1.82, 2.24) is 5.32 Å². The van der Waals surface area contributed by atoms with E-state index in [4.69, 9.17) is 9.84 Å². The number of hydrogen-bond acceptors (Lipinski definition) is 3. The van der Waals surface area contributed by atoms with E-state index in [0.717, 1.165) is 38.5 Å². The quantitative estimate of drug-likeness (QED) is 0.707. The summed E-state index contributed by atoms with van der Waals surface area (Å²) in [6.45, 7) is 4.13. The van der Waals surface area contributed by atoms with Crippen LogP contribution in [0.3, 0.4) is 0 Å². The van der Waals surface area contributed by atoms with Crippen molar-refractivity contribution in [2.75, 3.05) is 6.61 Å². The van der Waals surface area contributed by atoms with Gasteiger partial charge in [-0.3, -0.25) is 4.79 Å². The normalized spacial score (nSPS) is 22.1. The lowest BCUT2D eigenvalue weighted by Crippen LogP contribution is -2.51. The van der Waals surface area contributed by atoms with Crippen molar-refractivity contribution in [3.05, 3.63) is 12.7 Å². The van der Waals surface area contributed by atoms with Gasteiger partial charge in [0.05, 0.1) is 18.6 Å². The van der Waals surface area contributed by atoms with E-state index >= 15 is 0 Å². The highest BCUT2D eigenvalue weighted by Crippen LogP contribution is 2.49. The molecule has 0 saturated heterocycles. The number of nitrogens with one attached hydrogen (secondary N) is 1. The zero-order valence-corrected chi connectivity index (χ0v) is 12.5.